The zero-order valence-electron chi connectivity index (χ0n) is 11.9. The van der Waals surface area contributed by atoms with Gasteiger partial charge in [0.1, 0.15) is 5.75 Å². The Balaban J connectivity index is 1.87. The minimum absolute atomic E-state index is 0.673. The lowest BCUT2D eigenvalue weighted by molar-refractivity contribution is 0.284. The van der Waals surface area contributed by atoms with Gasteiger partial charge in [-0.25, -0.2) is 0 Å². The van der Waals surface area contributed by atoms with Gasteiger partial charge < -0.3 is 10.1 Å². The van der Waals surface area contributed by atoms with Crippen LogP contribution in [0.1, 0.15) is 44.6 Å². The standard InChI is InChI=1S/C16H24BrNO/c1-3-12-4-7-15(8-5-12)18-11-13-10-14(17)6-9-16(13)19-2/h6,9-10,12,15,18H,3-5,7-8,11H2,1-2H3. The van der Waals surface area contributed by atoms with Crippen molar-refractivity contribution < 1.29 is 4.74 Å². The lowest BCUT2D eigenvalue weighted by Gasteiger charge is -2.28. The van der Waals surface area contributed by atoms with Gasteiger partial charge in [-0.05, 0) is 49.8 Å². The van der Waals surface area contributed by atoms with E-state index in [9.17, 15) is 0 Å². The SMILES string of the molecule is CCC1CCC(NCc2cc(Br)ccc2OC)CC1. The lowest BCUT2D eigenvalue weighted by atomic mass is 9.84. The first-order valence-electron chi connectivity index (χ1n) is 7.28. The summed E-state index contributed by atoms with van der Waals surface area (Å²) in [6, 6.07) is 6.86. The Kier molecular flexibility index (Phi) is 5.71. The average Bonchev–Trinajstić information content (AvgIpc) is 2.46. The summed E-state index contributed by atoms with van der Waals surface area (Å²) in [5, 5.41) is 3.68. The lowest BCUT2D eigenvalue weighted by Crippen LogP contribution is -2.32. The van der Waals surface area contributed by atoms with Crippen molar-refractivity contribution in [2.75, 3.05) is 7.11 Å². The molecule has 1 N–H and O–H groups in total. The minimum atomic E-state index is 0.673. The molecule has 1 aromatic rings. The third-order valence-electron chi connectivity index (χ3n) is 4.25. The van der Waals surface area contributed by atoms with Crippen LogP contribution in [0.2, 0.25) is 0 Å². The molecule has 0 spiro atoms. The van der Waals surface area contributed by atoms with Crippen molar-refractivity contribution in [1.29, 1.82) is 0 Å². The molecule has 1 aliphatic carbocycles. The van der Waals surface area contributed by atoms with Gasteiger partial charge in [-0.3, -0.25) is 0 Å². The monoisotopic (exact) mass is 325 g/mol. The van der Waals surface area contributed by atoms with Gasteiger partial charge in [-0.15, -0.1) is 0 Å². The van der Waals surface area contributed by atoms with E-state index in [1.807, 2.05) is 12.1 Å². The van der Waals surface area contributed by atoms with Gasteiger partial charge in [-0.1, -0.05) is 29.3 Å². The molecule has 0 radical (unpaired) electrons. The summed E-state index contributed by atoms with van der Waals surface area (Å²) in [7, 11) is 1.74. The first-order valence-corrected chi connectivity index (χ1v) is 8.08. The van der Waals surface area contributed by atoms with E-state index in [0.29, 0.717) is 6.04 Å². The smallest absolute Gasteiger partial charge is 0.123 e. The highest BCUT2D eigenvalue weighted by molar-refractivity contribution is 9.10. The van der Waals surface area contributed by atoms with Crippen molar-refractivity contribution in [1.82, 2.24) is 5.32 Å². The Hall–Kier alpha value is -0.540. The fourth-order valence-electron chi connectivity index (χ4n) is 2.91. The van der Waals surface area contributed by atoms with Gasteiger partial charge in [0.15, 0.2) is 0 Å². The van der Waals surface area contributed by atoms with E-state index >= 15 is 0 Å². The van der Waals surface area contributed by atoms with Crippen molar-refractivity contribution in [2.45, 2.75) is 51.6 Å². The van der Waals surface area contributed by atoms with Gasteiger partial charge in [0.25, 0.3) is 0 Å². The van der Waals surface area contributed by atoms with Crippen LogP contribution < -0.4 is 10.1 Å². The fraction of sp³-hybridized carbons (Fsp3) is 0.625. The number of halogens is 1. The number of hydrogen-bond donors (Lipinski definition) is 1. The summed E-state index contributed by atoms with van der Waals surface area (Å²) in [5.74, 6) is 1.93. The van der Waals surface area contributed by atoms with Crippen LogP contribution in [0, 0.1) is 5.92 Å². The van der Waals surface area contributed by atoms with Crippen molar-refractivity contribution in [3.05, 3.63) is 28.2 Å². The number of benzene rings is 1. The van der Waals surface area contributed by atoms with Gasteiger partial charge in [-0.2, -0.15) is 0 Å². The Morgan fingerprint density at radius 2 is 2.00 bits per heavy atom. The number of rotatable bonds is 5. The summed E-state index contributed by atoms with van der Waals surface area (Å²) in [6.07, 6.45) is 6.73. The van der Waals surface area contributed by atoms with E-state index in [1.165, 1.54) is 37.7 Å². The second kappa shape index (κ2) is 7.30. The quantitative estimate of drug-likeness (QED) is 0.859. The average molecular weight is 326 g/mol. The van der Waals surface area contributed by atoms with Gasteiger partial charge in [0, 0.05) is 22.6 Å². The van der Waals surface area contributed by atoms with Gasteiger partial charge >= 0.3 is 0 Å². The molecule has 0 unspecified atom stereocenters. The van der Waals surface area contributed by atoms with E-state index < -0.39 is 0 Å². The van der Waals surface area contributed by atoms with Gasteiger partial charge in [0.2, 0.25) is 0 Å². The Labute approximate surface area is 125 Å². The van der Waals surface area contributed by atoms with Crippen LogP contribution >= 0.6 is 15.9 Å². The maximum absolute atomic E-state index is 5.41. The maximum atomic E-state index is 5.41. The molecule has 0 bridgehead atoms. The highest BCUT2D eigenvalue weighted by Gasteiger charge is 2.19. The fourth-order valence-corrected chi connectivity index (χ4v) is 3.32. The van der Waals surface area contributed by atoms with Crippen molar-refractivity contribution >= 4 is 15.9 Å². The summed E-state index contributed by atoms with van der Waals surface area (Å²) in [5.41, 5.74) is 1.23. The van der Waals surface area contributed by atoms with Crippen LogP contribution in [0.4, 0.5) is 0 Å². The number of nitrogens with one attached hydrogen (secondary N) is 1. The van der Waals surface area contributed by atoms with Crippen LogP contribution in [-0.2, 0) is 6.54 Å². The summed E-state index contributed by atoms with van der Waals surface area (Å²) < 4.78 is 6.52. The molecular formula is C16H24BrNO. The van der Waals surface area contributed by atoms with E-state index in [2.05, 4.69) is 34.2 Å². The molecule has 106 valence electrons. The highest BCUT2D eigenvalue weighted by atomic mass is 79.9. The number of ether oxygens (including phenoxy) is 1. The second-order valence-electron chi connectivity index (χ2n) is 5.46. The topological polar surface area (TPSA) is 21.3 Å². The summed E-state index contributed by atoms with van der Waals surface area (Å²) in [4.78, 5) is 0. The number of hydrogen-bond acceptors (Lipinski definition) is 2. The van der Waals surface area contributed by atoms with Crippen LogP contribution in [0.25, 0.3) is 0 Å². The summed E-state index contributed by atoms with van der Waals surface area (Å²) >= 11 is 3.53. The van der Waals surface area contributed by atoms with E-state index in [-0.39, 0.29) is 0 Å². The first-order chi connectivity index (χ1) is 9.22. The molecule has 0 heterocycles. The molecule has 0 aliphatic heterocycles. The first kappa shape index (κ1) is 14.9. The Morgan fingerprint density at radius 1 is 1.26 bits per heavy atom. The molecule has 2 rings (SSSR count). The Morgan fingerprint density at radius 3 is 2.63 bits per heavy atom. The highest BCUT2D eigenvalue weighted by Crippen LogP contribution is 2.27. The van der Waals surface area contributed by atoms with E-state index in [0.717, 1.165) is 22.7 Å². The Bertz CT molecular complexity index is 400. The molecule has 0 amide bonds. The third-order valence-corrected chi connectivity index (χ3v) is 4.74. The van der Waals surface area contributed by atoms with Gasteiger partial charge in [0.05, 0.1) is 7.11 Å². The number of methoxy groups -OCH3 is 1. The zero-order chi connectivity index (χ0) is 13.7. The maximum Gasteiger partial charge on any atom is 0.123 e. The van der Waals surface area contributed by atoms with E-state index in [1.54, 1.807) is 7.11 Å². The molecule has 19 heavy (non-hydrogen) atoms. The minimum Gasteiger partial charge on any atom is -0.496 e. The van der Waals surface area contributed by atoms with Crippen molar-refractivity contribution in [3.63, 3.8) is 0 Å². The molecule has 1 fully saturated rings. The normalized spacial score (nSPS) is 23.3. The van der Waals surface area contributed by atoms with Crippen LogP contribution in [0.15, 0.2) is 22.7 Å². The molecule has 1 saturated carbocycles. The van der Waals surface area contributed by atoms with Crippen LogP contribution in [0.5, 0.6) is 5.75 Å². The summed E-state index contributed by atoms with van der Waals surface area (Å²) in [6.45, 7) is 3.20. The van der Waals surface area contributed by atoms with E-state index in [4.69, 9.17) is 4.74 Å². The molecule has 0 aromatic heterocycles. The molecule has 1 aromatic carbocycles. The molecular weight excluding hydrogens is 302 g/mol. The predicted molar refractivity (Wildman–Crippen MR) is 83.6 cm³/mol. The molecule has 0 saturated heterocycles. The predicted octanol–water partition coefficient (Wildman–Crippen LogP) is 4.52. The molecule has 2 nitrogen and oxygen atoms in total. The van der Waals surface area contributed by atoms with Crippen molar-refractivity contribution in [2.24, 2.45) is 5.92 Å². The molecule has 1 aliphatic rings. The third kappa shape index (κ3) is 4.22. The second-order valence-corrected chi connectivity index (χ2v) is 6.38. The van der Waals surface area contributed by atoms with Crippen LogP contribution in [0.3, 0.4) is 0 Å². The zero-order valence-corrected chi connectivity index (χ0v) is 13.5. The van der Waals surface area contributed by atoms with Crippen molar-refractivity contribution in [3.8, 4) is 5.75 Å². The largest absolute Gasteiger partial charge is 0.496 e. The van der Waals surface area contributed by atoms with Crippen LogP contribution in [-0.4, -0.2) is 13.2 Å². The molecule has 3 heteroatoms. The molecule has 0 atom stereocenters.